The van der Waals surface area contributed by atoms with Crippen molar-refractivity contribution in [3.05, 3.63) is 59.2 Å². The normalized spacial score (nSPS) is 11.3. The van der Waals surface area contributed by atoms with Gasteiger partial charge in [0.05, 0.1) is 4.90 Å². The highest BCUT2D eigenvalue weighted by molar-refractivity contribution is 7.92. The molecule has 27 heavy (non-hydrogen) atoms. The molecule has 2 rings (SSSR count). The number of nitrogens with zero attached hydrogens (tertiary/aromatic N) is 1. The lowest BCUT2D eigenvalue weighted by molar-refractivity contribution is 0.0755. The van der Waals surface area contributed by atoms with Crippen LogP contribution in [-0.4, -0.2) is 32.3 Å². The van der Waals surface area contributed by atoms with Gasteiger partial charge in [-0.05, 0) is 68.1 Å². The van der Waals surface area contributed by atoms with Gasteiger partial charge in [-0.1, -0.05) is 26.0 Å². The van der Waals surface area contributed by atoms with Crippen molar-refractivity contribution in [2.45, 2.75) is 45.4 Å². The Morgan fingerprint density at radius 1 is 0.963 bits per heavy atom. The summed E-state index contributed by atoms with van der Waals surface area (Å²) in [5.41, 5.74) is 2.57. The molecule has 2 aromatic rings. The number of rotatable bonds is 8. The predicted molar refractivity (Wildman–Crippen MR) is 110 cm³/mol. The van der Waals surface area contributed by atoms with Gasteiger partial charge >= 0.3 is 0 Å². The Bertz CT molecular complexity index is 884. The van der Waals surface area contributed by atoms with Gasteiger partial charge in [0, 0.05) is 24.3 Å². The van der Waals surface area contributed by atoms with Crippen molar-refractivity contribution < 1.29 is 13.2 Å². The molecule has 0 unspecified atom stereocenters. The van der Waals surface area contributed by atoms with Crippen molar-refractivity contribution in [1.82, 2.24) is 4.90 Å². The summed E-state index contributed by atoms with van der Waals surface area (Å²) in [5.74, 6) is -0.0253. The van der Waals surface area contributed by atoms with Crippen molar-refractivity contribution in [2.24, 2.45) is 0 Å². The zero-order valence-electron chi connectivity index (χ0n) is 16.5. The summed E-state index contributed by atoms with van der Waals surface area (Å²) in [5, 5.41) is 0. The summed E-state index contributed by atoms with van der Waals surface area (Å²) >= 11 is 0. The van der Waals surface area contributed by atoms with Gasteiger partial charge in [-0.25, -0.2) is 8.42 Å². The number of nitrogens with one attached hydrogen (secondary N) is 1. The molecule has 1 amide bonds. The summed E-state index contributed by atoms with van der Waals surface area (Å²) in [7, 11) is -3.68. The third-order valence-corrected chi connectivity index (χ3v) is 5.81. The number of hydrogen-bond acceptors (Lipinski definition) is 3. The molecule has 6 heteroatoms. The molecule has 0 heterocycles. The minimum Gasteiger partial charge on any atom is -0.339 e. The maximum Gasteiger partial charge on any atom is 0.262 e. The molecular formula is C21H28N2O3S. The van der Waals surface area contributed by atoms with E-state index in [4.69, 9.17) is 0 Å². The molecule has 146 valence electrons. The second kappa shape index (κ2) is 9.04. The van der Waals surface area contributed by atoms with Crippen LogP contribution < -0.4 is 4.72 Å². The van der Waals surface area contributed by atoms with Gasteiger partial charge in [0.25, 0.3) is 15.9 Å². The fourth-order valence-electron chi connectivity index (χ4n) is 2.93. The Hall–Kier alpha value is -2.34. The molecular weight excluding hydrogens is 360 g/mol. The molecule has 0 aromatic heterocycles. The van der Waals surface area contributed by atoms with Gasteiger partial charge in [0.2, 0.25) is 0 Å². The molecule has 0 spiro atoms. The van der Waals surface area contributed by atoms with E-state index < -0.39 is 10.0 Å². The highest BCUT2D eigenvalue weighted by Gasteiger charge is 2.18. The van der Waals surface area contributed by atoms with E-state index in [1.165, 1.54) is 0 Å². The topological polar surface area (TPSA) is 66.5 Å². The molecule has 0 fully saturated rings. The first-order valence-corrected chi connectivity index (χ1v) is 10.8. The number of sulfonamides is 1. The summed E-state index contributed by atoms with van der Waals surface area (Å²) in [6.45, 7) is 9.15. The van der Waals surface area contributed by atoms with Gasteiger partial charge in [-0.3, -0.25) is 9.52 Å². The molecule has 0 atom stereocenters. The van der Waals surface area contributed by atoms with E-state index >= 15 is 0 Å². The van der Waals surface area contributed by atoms with Crippen molar-refractivity contribution in [1.29, 1.82) is 0 Å². The molecule has 2 aromatic carbocycles. The second-order valence-electron chi connectivity index (χ2n) is 6.74. The van der Waals surface area contributed by atoms with Crippen LogP contribution in [-0.2, 0) is 10.0 Å². The van der Waals surface area contributed by atoms with E-state index in [1.54, 1.807) is 43.3 Å². The number of amides is 1. The number of anilines is 1. The fraction of sp³-hybridized carbons (Fsp3) is 0.381. The molecule has 0 bridgehead atoms. The van der Waals surface area contributed by atoms with Crippen molar-refractivity contribution >= 4 is 21.6 Å². The average Bonchev–Trinajstić information content (AvgIpc) is 2.63. The lowest BCUT2D eigenvalue weighted by Gasteiger charge is -2.21. The van der Waals surface area contributed by atoms with E-state index in [9.17, 15) is 13.2 Å². The Labute approximate surface area is 162 Å². The SMILES string of the molecule is CCCN(CCC)C(=O)c1ccc(NS(=O)(=O)c2cc(C)ccc2C)cc1. The highest BCUT2D eigenvalue weighted by Crippen LogP contribution is 2.21. The van der Waals surface area contributed by atoms with Gasteiger partial charge in [0.1, 0.15) is 0 Å². The average molecular weight is 389 g/mol. The Balaban J connectivity index is 2.20. The molecule has 0 saturated carbocycles. The molecule has 5 nitrogen and oxygen atoms in total. The van der Waals surface area contributed by atoms with E-state index in [2.05, 4.69) is 4.72 Å². The molecule has 1 N–H and O–H groups in total. The minimum atomic E-state index is -3.68. The molecule has 0 aliphatic carbocycles. The number of carbonyl (C=O) groups is 1. The quantitative estimate of drug-likeness (QED) is 0.730. The van der Waals surface area contributed by atoms with Crippen LogP contribution in [0.1, 0.15) is 48.2 Å². The highest BCUT2D eigenvalue weighted by atomic mass is 32.2. The van der Waals surface area contributed by atoms with Crippen LogP contribution in [0.4, 0.5) is 5.69 Å². The molecule has 0 aliphatic rings. The van der Waals surface area contributed by atoms with Gasteiger partial charge < -0.3 is 4.90 Å². The van der Waals surface area contributed by atoms with E-state index in [0.717, 1.165) is 18.4 Å². The first kappa shape index (κ1) is 21.0. The van der Waals surface area contributed by atoms with Gasteiger partial charge in [0.15, 0.2) is 0 Å². The molecule has 0 aliphatic heterocycles. The number of hydrogen-bond donors (Lipinski definition) is 1. The Morgan fingerprint density at radius 2 is 1.56 bits per heavy atom. The second-order valence-corrected chi connectivity index (χ2v) is 8.39. The lowest BCUT2D eigenvalue weighted by atomic mass is 10.1. The number of carbonyl (C=O) groups excluding carboxylic acids is 1. The summed E-state index contributed by atoms with van der Waals surface area (Å²) in [6.07, 6.45) is 1.80. The first-order chi connectivity index (χ1) is 12.8. The summed E-state index contributed by atoms with van der Waals surface area (Å²) in [4.78, 5) is 14.7. The van der Waals surface area contributed by atoms with Crippen LogP contribution in [0.3, 0.4) is 0 Å². The summed E-state index contributed by atoms with van der Waals surface area (Å²) in [6, 6.07) is 11.9. The number of benzene rings is 2. The smallest absolute Gasteiger partial charge is 0.262 e. The summed E-state index contributed by atoms with van der Waals surface area (Å²) < 4.78 is 28.0. The van der Waals surface area contributed by atoms with Crippen LogP contribution >= 0.6 is 0 Å². The maximum atomic E-state index is 12.7. The van der Waals surface area contributed by atoms with Crippen LogP contribution in [0.25, 0.3) is 0 Å². The first-order valence-electron chi connectivity index (χ1n) is 9.28. The lowest BCUT2D eigenvalue weighted by Crippen LogP contribution is -2.32. The van der Waals surface area contributed by atoms with Crippen molar-refractivity contribution in [2.75, 3.05) is 17.8 Å². The van der Waals surface area contributed by atoms with E-state index in [-0.39, 0.29) is 10.8 Å². The minimum absolute atomic E-state index is 0.0253. The number of aryl methyl sites for hydroxylation is 2. The predicted octanol–water partition coefficient (Wildman–Crippen LogP) is 4.37. The standard InChI is InChI=1S/C21H28N2O3S/c1-5-13-23(14-6-2)21(24)18-9-11-19(12-10-18)22-27(25,26)20-15-16(3)7-8-17(20)4/h7-12,15,22H,5-6,13-14H2,1-4H3. The zero-order valence-corrected chi connectivity index (χ0v) is 17.3. The van der Waals surface area contributed by atoms with Crippen LogP contribution in [0.5, 0.6) is 0 Å². The Morgan fingerprint density at radius 3 is 2.11 bits per heavy atom. The third-order valence-electron chi connectivity index (χ3n) is 4.29. The van der Waals surface area contributed by atoms with E-state index in [1.807, 2.05) is 31.7 Å². The maximum absolute atomic E-state index is 12.7. The fourth-order valence-corrected chi connectivity index (χ4v) is 4.31. The third kappa shape index (κ3) is 5.32. The monoisotopic (exact) mass is 388 g/mol. The molecule has 0 saturated heterocycles. The Kier molecular flexibility index (Phi) is 7.02. The van der Waals surface area contributed by atoms with Crippen molar-refractivity contribution in [3.63, 3.8) is 0 Å². The van der Waals surface area contributed by atoms with Crippen molar-refractivity contribution in [3.8, 4) is 0 Å². The van der Waals surface area contributed by atoms with E-state index in [0.29, 0.717) is 29.9 Å². The largest absolute Gasteiger partial charge is 0.339 e. The van der Waals surface area contributed by atoms with Gasteiger partial charge in [-0.2, -0.15) is 0 Å². The molecule has 0 radical (unpaired) electrons. The van der Waals surface area contributed by atoms with Crippen LogP contribution in [0, 0.1) is 13.8 Å². The van der Waals surface area contributed by atoms with Crippen LogP contribution in [0.15, 0.2) is 47.4 Å². The van der Waals surface area contributed by atoms with Gasteiger partial charge in [-0.15, -0.1) is 0 Å². The zero-order chi connectivity index (χ0) is 20.0. The van der Waals surface area contributed by atoms with Crippen LogP contribution in [0.2, 0.25) is 0 Å².